The molecule has 5 nitrogen and oxygen atoms in total. The van der Waals surface area contributed by atoms with Crippen molar-refractivity contribution in [3.05, 3.63) is 51.9 Å². The molecule has 0 bridgehead atoms. The van der Waals surface area contributed by atoms with Crippen LogP contribution in [0, 0.1) is 0 Å². The Hall–Kier alpha value is -2.43. The van der Waals surface area contributed by atoms with Gasteiger partial charge in [-0.1, -0.05) is 45.0 Å². The maximum Gasteiger partial charge on any atom is 0.345 e. The van der Waals surface area contributed by atoms with Gasteiger partial charge in [-0.05, 0) is 17.9 Å². The van der Waals surface area contributed by atoms with Gasteiger partial charge < -0.3 is 9.72 Å². The zero-order chi connectivity index (χ0) is 16.3. The molecule has 1 N–H and O–H groups in total. The fourth-order valence-corrected chi connectivity index (χ4v) is 2.02. The summed E-state index contributed by atoms with van der Waals surface area (Å²) >= 11 is 0. The number of benzene rings is 1. The largest absolute Gasteiger partial charge is 0.462 e. The Labute approximate surface area is 129 Å². The first kappa shape index (κ1) is 15.9. The molecule has 1 heterocycles. The van der Waals surface area contributed by atoms with Crippen molar-refractivity contribution >= 4 is 5.97 Å². The van der Waals surface area contributed by atoms with Crippen molar-refractivity contribution in [2.45, 2.75) is 33.1 Å². The van der Waals surface area contributed by atoms with Gasteiger partial charge in [0, 0.05) is 11.8 Å². The van der Waals surface area contributed by atoms with Crippen LogP contribution in [0.5, 0.6) is 0 Å². The number of ether oxygens (including phenoxy) is 1. The summed E-state index contributed by atoms with van der Waals surface area (Å²) in [5.74, 6) is -0.232. The quantitative estimate of drug-likeness (QED) is 0.885. The number of aromatic nitrogens is 2. The summed E-state index contributed by atoms with van der Waals surface area (Å²) in [7, 11) is 0. The normalized spacial score (nSPS) is 11.3. The number of nitrogens with zero attached hydrogens (tertiary/aromatic N) is 1. The second-order valence-corrected chi connectivity index (χ2v) is 6.02. The van der Waals surface area contributed by atoms with Gasteiger partial charge in [-0.25, -0.2) is 9.78 Å². The molecule has 0 spiro atoms. The molecular weight excluding hydrogens is 280 g/mol. The number of esters is 1. The van der Waals surface area contributed by atoms with Crippen LogP contribution in [0.2, 0.25) is 0 Å². The topological polar surface area (TPSA) is 72.0 Å². The summed E-state index contributed by atoms with van der Waals surface area (Å²) in [5.41, 5.74) is 1.47. The Morgan fingerprint density at radius 3 is 2.36 bits per heavy atom. The Kier molecular flexibility index (Phi) is 4.45. The third kappa shape index (κ3) is 3.42. The van der Waals surface area contributed by atoms with Gasteiger partial charge in [0.25, 0.3) is 5.56 Å². The first-order chi connectivity index (χ1) is 10.3. The average Bonchev–Trinajstić information content (AvgIpc) is 2.46. The minimum Gasteiger partial charge on any atom is -0.462 e. The molecule has 2 aromatic rings. The molecule has 22 heavy (non-hydrogen) atoms. The van der Waals surface area contributed by atoms with Gasteiger partial charge in [-0.15, -0.1) is 0 Å². The number of carbonyl (C=O) groups is 1. The fraction of sp³-hybridized carbons (Fsp3) is 0.353. The fourth-order valence-electron chi connectivity index (χ4n) is 2.02. The predicted molar refractivity (Wildman–Crippen MR) is 85.0 cm³/mol. The minimum atomic E-state index is -0.661. The molecule has 1 aromatic heterocycles. The highest BCUT2D eigenvalue weighted by atomic mass is 16.5. The van der Waals surface area contributed by atoms with Gasteiger partial charge in [0.15, 0.2) is 0 Å². The second-order valence-electron chi connectivity index (χ2n) is 6.02. The molecule has 2 rings (SSSR count). The molecule has 0 unspecified atom stereocenters. The summed E-state index contributed by atoms with van der Waals surface area (Å²) in [6.07, 6.45) is 1.25. The van der Waals surface area contributed by atoms with Crippen molar-refractivity contribution in [3.8, 4) is 11.4 Å². The zero-order valence-corrected chi connectivity index (χ0v) is 13.3. The highest BCUT2D eigenvalue weighted by molar-refractivity contribution is 5.88. The minimum absolute atomic E-state index is 0.0626. The van der Waals surface area contributed by atoms with Crippen LogP contribution in [0.1, 0.15) is 43.6 Å². The highest BCUT2D eigenvalue weighted by Gasteiger charge is 2.15. The van der Waals surface area contributed by atoms with Gasteiger partial charge in [-0.2, -0.15) is 0 Å². The smallest absolute Gasteiger partial charge is 0.345 e. The molecule has 0 atom stereocenters. The number of nitrogens with one attached hydrogen (secondary N) is 1. The summed E-state index contributed by atoms with van der Waals surface area (Å²) in [6.45, 7) is 8.31. The van der Waals surface area contributed by atoms with E-state index < -0.39 is 11.5 Å². The van der Waals surface area contributed by atoms with E-state index in [1.807, 2.05) is 24.3 Å². The van der Waals surface area contributed by atoms with Crippen LogP contribution in [0.4, 0.5) is 0 Å². The van der Waals surface area contributed by atoms with Crippen LogP contribution in [0.3, 0.4) is 0 Å². The van der Waals surface area contributed by atoms with Gasteiger partial charge in [0.1, 0.15) is 11.4 Å². The van der Waals surface area contributed by atoms with Crippen molar-refractivity contribution in [2.75, 3.05) is 6.61 Å². The molecule has 1 aromatic carbocycles. The molecule has 0 aliphatic heterocycles. The molecule has 0 aliphatic rings. The van der Waals surface area contributed by atoms with Crippen LogP contribution < -0.4 is 5.56 Å². The van der Waals surface area contributed by atoms with Crippen LogP contribution >= 0.6 is 0 Å². The molecule has 0 radical (unpaired) electrons. The van der Waals surface area contributed by atoms with E-state index in [-0.39, 0.29) is 17.6 Å². The van der Waals surface area contributed by atoms with E-state index in [1.165, 1.54) is 11.8 Å². The molecule has 5 heteroatoms. The molecule has 0 amide bonds. The van der Waals surface area contributed by atoms with Crippen molar-refractivity contribution < 1.29 is 9.53 Å². The summed E-state index contributed by atoms with van der Waals surface area (Å²) in [6, 6.07) is 7.83. The first-order valence-corrected chi connectivity index (χ1v) is 7.20. The van der Waals surface area contributed by atoms with E-state index in [9.17, 15) is 9.59 Å². The Morgan fingerprint density at radius 1 is 1.23 bits per heavy atom. The standard InChI is InChI=1S/C17H20N2O3/c1-5-22-16(21)13-10-18-14(19-15(13)20)11-6-8-12(9-7-11)17(2,3)4/h6-10H,5H2,1-4H3,(H,18,19,20). The molecule has 0 fully saturated rings. The number of hydrogen-bond donors (Lipinski definition) is 1. The SMILES string of the molecule is CCOC(=O)c1cnc(-c2ccc(C(C)(C)C)cc2)[nH]c1=O. The van der Waals surface area contributed by atoms with E-state index in [0.29, 0.717) is 5.82 Å². The second kappa shape index (κ2) is 6.13. The van der Waals surface area contributed by atoms with Crippen molar-refractivity contribution in [1.29, 1.82) is 0 Å². The molecular formula is C17H20N2O3. The number of H-pyrrole nitrogens is 1. The van der Waals surface area contributed by atoms with E-state index >= 15 is 0 Å². The van der Waals surface area contributed by atoms with E-state index in [0.717, 1.165) is 5.56 Å². The van der Waals surface area contributed by atoms with Crippen LogP contribution in [-0.2, 0) is 10.2 Å². The van der Waals surface area contributed by atoms with Crippen LogP contribution in [0.15, 0.2) is 35.3 Å². The van der Waals surface area contributed by atoms with Crippen molar-refractivity contribution in [2.24, 2.45) is 0 Å². The van der Waals surface area contributed by atoms with Gasteiger partial charge in [-0.3, -0.25) is 4.79 Å². The summed E-state index contributed by atoms with van der Waals surface area (Å²) in [5, 5.41) is 0. The predicted octanol–water partition coefficient (Wildman–Crippen LogP) is 2.91. The van der Waals surface area contributed by atoms with Crippen LogP contribution in [-0.4, -0.2) is 22.5 Å². The van der Waals surface area contributed by atoms with Gasteiger partial charge in [0.2, 0.25) is 0 Å². The summed E-state index contributed by atoms with van der Waals surface area (Å²) < 4.78 is 4.81. The molecule has 116 valence electrons. The lowest BCUT2D eigenvalue weighted by atomic mass is 9.87. The Bertz CT molecular complexity index is 725. The molecule has 0 aliphatic carbocycles. The third-order valence-electron chi connectivity index (χ3n) is 3.32. The zero-order valence-electron chi connectivity index (χ0n) is 13.3. The summed E-state index contributed by atoms with van der Waals surface area (Å²) in [4.78, 5) is 30.3. The van der Waals surface area contributed by atoms with E-state index in [4.69, 9.17) is 4.74 Å². The number of rotatable bonds is 3. The molecule has 0 saturated carbocycles. The number of aromatic amines is 1. The third-order valence-corrected chi connectivity index (χ3v) is 3.32. The van der Waals surface area contributed by atoms with Gasteiger partial charge in [0.05, 0.1) is 6.61 Å². The highest BCUT2D eigenvalue weighted by Crippen LogP contribution is 2.24. The van der Waals surface area contributed by atoms with Gasteiger partial charge >= 0.3 is 5.97 Å². The lowest BCUT2D eigenvalue weighted by Gasteiger charge is -2.19. The Morgan fingerprint density at radius 2 is 1.86 bits per heavy atom. The Balaban J connectivity index is 2.33. The number of carbonyl (C=O) groups excluding carboxylic acids is 1. The van der Waals surface area contributed by atoms with E-state index in [1.54, 1.807) is 6.92 Å². The maximum atomic E-state index is 12.0. The monoisotopic (exact) mass is 300 g/mol. The van der Waals surface area contributed by atoms with E-state index in [2.05, 4.69) is 30.7 Å². The van der Waals surface area contributed by atoms with Crippen molar-refractivity contribution in [3.63, 3.8) is 0 Å². The first-order valence-electron chi connectivity index (χ1n) is 7.20. The number of hydrogen-bond acceptors (Lipinski definition) is 4. The molecule has 0 saturated heterocycles. The lowest BCUT2D eigenvalue weighted by Crippen LogP contribution is -2.21. The lowest BCUT2D eigenvalue weighted by molar-refractivity contribution is 0.0524. The van der Waals surface area contributed by atoms with Crippen LogP contribution in [0.25, 0.3) is 11.4 Å². The average molecular weight is 300 g/mol. The maximum absolute atomic E-state index is 12.0. The van der Waals surface area contributed by atoms with Crippen molar-refractivity contribution in [1.82, 2.24) is 9.97 Å².